The van der Waals surface area contributed by atoms with Crippen LogP contribution in [0.1, 0.15) is 5.56 Å². The molecule has 2 rings (SSSR count). The second kappa shape index (κ2) is 5.14. The Bertz CT molecular complexity index is 652. The van der Waals surface area contributed by atoms with Gasteiger partial charge in [-0.2, -0.15) is 13.2 Å². The summed E-state index contributed by atoms with van der Waals surface area (Å²) in [5, 5.41) is 4.33. The number of aromatic nitrogens is 2. The van der Waals surface area contributed by atoms with E-state index >= 15 is 0 Å². The largest absolute Gasteiger partial charge is 0.420 e. The van der Waals surface area contributed by atoms with Crippen molar-refractivity contribution >= 4 is 23.2 Å². The lowest BCUT2D eigenvalue weighted by Gasteiger charge is -2.15. The van der Waals surface area contributed by atoms with Gasteiger partial charge in [-0.3, -0.25) is 0 Å². The molecule has 9 heteroatoms. The van der Waals surface area contributed by atoms with Gasteiger partial charge >= 0.3 is 6.18 Å². The van der Waals surface area contributed by atoms with Crippen LogP contribution < -0.4 is 0 Å². The van der Waals surface area contributed by atoms with Gasteiger partial charge < -0.3 is 0 Å². The van der Waals surface area contributed by atoms with Crippen LogP contribution in [0.25, 0.3) is 11.1 Å². The Labute approximate surface area is 119 Å². The molecule has 0 saturated carbocycles. The van der Waals surface area contributed by atoms with Gasteiger partial charge in [-0.05, 0) is 12.1 Å². The van der Waals surface area contributed by atoms with Crippen molar-refractivity contribution < 1.29 is 22.0 Å². The van der Waals surface area contributed by atoms with E-state index in [0.29, 0.717) is 0 Å². The quantitative estimate of drug-likeness (QED) is 0.706. The van der Waals surface area contributed by atoms with Crippen LogP contribution in [0.2, 0.25) is 10.3 Å². The van der Waals surface area contributed by atoms with Crippen molar-refractivity contribution in [3.05, 3.63) is 45.7 Å². The van der Waals surface area contributed by atoms with Crippen LogP contribution in [-0.2, 0) is 6.18 Å². The zero-order valence-corrected chi connectivity index (χ0v) is 10.8. The van der Waals surface area contributed by atoms with E-state index in [0.717, 1.165) is 18.2 Å². The minimum absolute atomic E-state index is 0.795. The molecule has 0 spiro atoms. The lowest BCUT2D eigenvalue weighted by atomic mass is 10.0. The molecule has 0 unspecified atom stereocenters. The van der Waals surface area contributed by atoms with E-state index in [-0.39, 0.29) is 0 Å². The van der Waals surface area contributed by atoms with Gasteiger partial charge in [0.2, 0.25) is 0 Å². The summed E-state index contributed by atoms with van der Waals surface area (Å²) in [6, 6.07) is 2.60. The minimum atomic E-state index is -5.00. The Morgan fingerprint density at radius 1 is 0.850 bits per heavy atom. The number of rotatable bonds is 1. The Morgan fingerprint density at radius 2 is 1.35 bits per heavy atom. The zero-order chi connectivity index (χ0) is 15.1. The van der Waals surface area contributed by atoms with Gasteiger partial charge in [0.05, 0.1) is 5.56 Å². The molecular formula is C11H3Cl2F5N2. The first-order valence-corrected chi connectivity index (χ1v) is 5.72. The molecule has 0 saturated heterocycles. The third-order valence-electron chi connectivity index (χ3n) is 2.38. The molecule has 20 heavy (non-hydrogen) atoms. The summed E-state index contributed by atoms with van der Waals surface area (Å²) >= 11 is 10.9. The van der Waals surface area contributed by atoms with E-state index in [9.17, 15) is 22.0 Å². The highest BCUT2D eigenvalue weighted by molar-refractivity contribution is 6.34. The molecule has 1 heterocycles. The Hall–Kier alpha value is -1.47. The molecule has 0 aliphatic rings. The summed E-state index contributed by atoms with van der Waals surface area (Å²) in [7, 11) is 0. The molecule has 1 aromatic carbocycles. The summed E-state index contributed by atoms with van der Waals surface area (Å²) in [6.07, 6.45) is -5.00. The molecular weight excluding hydrogens is 326 g/mol. The minimum Gasteiger partial charge on any atom is -0.206 e. The van der Waals surface area contributed by atoms with Crippen LogP contribution in [0.5, 0.6) is 0 Å². The standard InChI is InChI=1S/C11H3Cl2F5N2/c12-9-7(6-4(14)2-1-3-5(6)15)8(11(16,17)18)10(13)20-19-9/h1-3H. The van der Waals surface area contributed by atoms with Crippen molar-refractivity contribution in [3.63, 3.8) is 0 Å². The highest BCUT2D eigenvalue weighted by Gasteiger charge is 2.40. The number of nitrogens with zero attached hydrogens (tertiary/aromatic N) is 2. The van der Waals surface area contributed by atoms with Crippen LogP contribution in [0.4, 0.5) is 22.0 Å². The van der Waals surface area contributed by atoms with Gasteiger partial charge in [0.25, 0.3) is 0 Å². The fourth-order valence-electron chi connectivity index (χ4n) is 1.62. The van der Waals surface area contributed by atoms with Gasteiger partial charge in [-0.25, -0.2) is 8.78 Å². The number of alkyl halides is 3. The van der Waals surface area contributed by atoms with Gasteiger partial charge in [0, 0.05) is 5.56 Å². The zero-order valence-electron chi connectivity index (χ0n) is 9.27. The van der Waals surface area contributed by atoms with Crippen molar-refractivity contribution in [1.82, 2.24) is 10.2 Å². The molecule has 0 amide bonds. The lowest BCUT2D eigenvalue weighted by Crippen LogP contribution is -2.12. The van der Waals surface area contributed by atoms with E-state index in [1.165, 1.54) is 0 Å². The van der Waals surface area contributed by atoms with Crippen LogP contribution in [0.15, 0.2) is 18.2 Å². The molecule has 2 aromatic rings. The summed E-state index contributed by atoms with van der Waals surface area (Å²) in [6.45, 7) is 0. The fraction of sp³-hybridized carbons (Fsp3) is 0.0909. The first-order chi connectivity index (χ1) is 9.23. The van der Waals surface area contributed by atoms with Gasteiger partial charge in [0.15, 0.2) is 10.3 Å². The molecule has 0 radical (unpaired) electrons. The average molecular weight is 329 g/mol. The Kier molecular flexibility index (Phi) is 3.84. The monoisotopic (exact) mass is 328 g/mol. The predicted molar refractivity (Wildman–Crippen MR) is 62.4 cm³/mol. The van der Waals surface area contributed by atoms with Gasteiger partial charge in [-0.15, -0.1) is 10.2 Å². The van der Waals surface area contributed by atoms with Crippen molar-refractivity contribution in [2.45, 2.75) is 6.18 Å². The summed E-state index contributed by atoms with van der Waals surface area (Å²) in [5.41, 5.74) is -3.47. The Morgan fingerprint density at radius 3 is 1.85 bits per heavy atom. The molecule has 106 valence electrons. The number of hydrogen-bond donors (Lipinski definition) is 0. The molecule has 1 aromatic heterocycles. The van der Waals surface area contributed by atoms with Crippen LogP contribution in [0, 0.1) is 11.6 Å². The van der Waals surface area contributed by atoms with E-state index < -0.39 is 44.8 Å². The maximum atomic E-state index is 13.7. The van der Waals surface area contributed by atoms with Crippen molar-refractivity contribution in [3.8, 4) is 11.1 Å². The normalized spacial score (nSPS) is 11.8. The van der Waals surface area contributed by atoms with Gasteiger partial charge in [-0.1, -0.05) is 29.3 Å². The van der Waals surface area contributed by atoms with E-state index in [4.69, 9.17) is 23.2 Å². The van der Waals surface area contributed by atoms with Gasteiger partial charge in [0.1, 0.15) is 17.2 Å². The van der Waals surface area contributed by atoms with Crippen molar-refractivity contribution in [2.24, 2.45) is 0 Å². The van der Waals surface area contributed by atoms with E-state index in [2.05, 4.69) is 10.2 Å². The predicted octanol–water partition coefficient (Wildman–Crippen LogP) is 4.75. The third-order valence-corrected chi connectivity index (χ3v) is 2.91. The smallest absolute Gasteiger partial charge is 0.206 e. The van der Waals surface area contributed by atoms with E-state index in [1.807, 2.05) is 0 Å². The first-order valence-electron chi connectivity index (χ1n) is 4.96. The second-order valence-corrected chi connectivity index (χ2v) is 4.34. The van der Waals surface area contributed by atoms with E-state index in [1.54, 1.807) is 0 Å². The molecule has 2 nitrogen and oxygen atoms in total. The molecule has 0 fully saturated rings. The maximum Gasteiger partial charge on any atom is 0.420 e. The number of halogens is 7. The van der Waals surface area contributed by atoms with Crippen molar-refractivity contribution in [2.75, 3.05) is 0 Å². The van der Waals surface area contributed by atoms with Crippen LogP contribution in [-0.4, -0.2) is 10.2 Å². The average Bonchev–Trinajstić information content (AvgIpc) is 2.31. The summed E-state index contributed by atoms with van der Waals surface area (Å²) < 4.78 is 66.3. The molecule has 0 bridgehead atoms. The first kappa shape index (κ1) is 14.9. The molecule has 0 N–H and O–H groups in total. The summed E-state index contributed by atoms with van der Waals surface area (Å²) in [5.74, 6) is -2.44. The van der Waals surface area contributed by atoms with Crippen LogP contribution >= 0.6 is 23.2 Å². The Balaban J connectivity index is 2.91. The van der Waals surface area contributed by atoms with Crippen molar-refractivity contribution in [1.29, 1.82) is 0 Å². The van der Waals surface area contributed by atoms with Crippen LogP contribution in [0.3, 0.4) is 0 Å². The molecule has 0 atom stereocenters. The fourth-order valence-corrected chi connectivity index (χ4v) is 2.08. The SMILES string of the molecule is Fc1cccc(F)c1-c1c(Cl)nnc(Cl)c1C(F)(F)F. The maximum absolute atomic E-state index is 13.7. The highest BCUT2D eigenvalue weighted by Crippen LogP contribution is 2.44. The topological polar surface area (TPSA) is 25.8 Å². The highest BCUT2D eigenvalue weighted by atomic mass is 35.5. The summed E-state index contributed by atoms with van der Waals surface area (Å²) in [4.78, 5) is 0. The number of benzene rings is 1. The third kappa shape index (κ3) is 2.55. The lowest BCUT2D eigenvalue weighted by molar-refractivity contribution is -0.137. The molecule has 0 aliphatic carbocycles. The molecule has 0 aliphatic heterocycles. The second-order valence-electron chi connectivity index (χ2n) is 3.63. The number of hydrogen-bond acceptors (Lipinski definition) is 2.